The van der Waals surface area contributed by atoms with Gasteiger partial charge in [-0.25, -0.2) is 4.79 Å². The van der Waals surface area contributed by atoms with Crippen molar-refractivity contribution in [2.45, 2.75) is 51.5 Å². The van der Waals surface area contributed by atoms with Gasteiger partial charge in [0.15, 0.2) is 0 Å². The van der Waals surface area contributed by atoms with E-state index in [1.165, 1.54) is 38.5 Å². The fourth-order valence-electron chi connectivity index (χ4n) is 4.22. The third kappa shape index (κ3) is 2.16. The third-order valence-electron chi connectivity index (χ3n) is 5.18. The number of hydrogen-bond donors (Lipinski definition) is 1. The predicted octanol–water partition coefficient (Wildman–Crippen LogP) is 2.62. The zero-order valence-electron chi connectivity index (χ0n) is 10.8. The van der Waals surface area contributed by atoms with E-state index in [1.807, 2.05) is 4.90 Å². The molecule has 1 N–H and O–H groups in total. The fraction of sp³-hybridized carbons (Fsp3) is 0.929. The lowest BCUT2D eigenvalue weighted by Crippen LogP contribution is -2.46. The van der Waals surface area contributed by atoms with Crippen LogP contribution < -0.4 is 5.32 Å². The zero-order chi connectivity index (χ0) is 11.8. The van der Waals surface area contributed by atoms with Crippen LogP contribution in [0.4, 0.5) is 4.79 Å². The standard InChI is InChI=1S/C14H24N2O/c1-10(13-9-11-4-5-12(13)8-11)15-14(17)16-6-2-3-7-16/h10-13H,2-9H2,1H3,(H,15,17). The van der Waals surface area contributed by atoms with Crippen molar-refractivity contribution in [1.82, 2.24) is 10.2 Å². The van der Waals surface area contributed by atoms with Gasteiger partial charge in [0.2, 0.25) is 0 Å². The normalized spacial score (nSPS) is 37.5. The van der Waals surface area contributed by atoms with E-state index in [0.717, 1.165) is 30.8 Å². The molecule has 3 nitrogen and oxygen atoms in total. The van der Waals surface area contributed by atoms with Gasteiger partial charge in [0.1, 0.15) is 0 Å². The minimum Gasteiger partial charge on any atom is -0.335 e. The lowest BCUT2D eigenvalue weighted by atomic mass is 9.84. The largest absolute Gasteiger partial charge is 0.335 e. The summed E-state index contributed by atoms with van der Waals surface area (Å²) < 4.78 is 0. The van der Waals surface area contributed by atoms with Gasteiger partial charge in [-0.3, -0.25) is 0 Å². The average Bonchev–Trinajstić information content (AvgIpc) is 3.05. The molecule has 96 valence electrons. The van der Waals surface area contributed by atoms with Gasteiger partial charge in [-0.05, 0) is 56.8 Å². The number of carbonyl (C=O) groups is 1. The molecule has 0 aromatic rings. The van der Waals surface area contributed by atoms with Gasteiger partial charge in [-0.2, -0.15) is 0 Å². The lowest BCUT2D eigenvalue weighted by molar-refractivity contribution is 0.192. The molecular formula is C14H24N2O. The van der Waals surface area contributed by atoms with Crippen LogP contribution in [0.2, 0.25) is 0 Å². The van der Waals surface area contributed by atoms with Crippen LogP contribution in [-0.2, 0) is 0 Å². The highest BCUT2D eigenvalue weighted by molar-refractivity contribution is 5.74. The van der Waals surface area contributed by atoms with E-state index in [4.69, 9.17) is 0 Å². The van der Waals surface area contributed by atoms with E-state index >= 15 is 0 Å². The topological polar surface area (TPSA) is 32.3 Å². The van der Waals surface area contributed by atoms with Crippen LogP contribution >= 0.6 is 0 Å². The number of nitrogens with zero attached hydrogens (tertiary/aromatic N) is 1. The van der Waals surface area contributed by atoms with E-state index in [2.05, 4.69) is 12.2 Å². The highest BCUT2D eigenvalue weighted by Gasteiger charge is 2.42. The van der Waals surface area contributed by atoms with Crippen LogP contribution in [-0.4, -0.2) is 30.1 Å². The molecule has 3 heteroatoms. The molecule has 1 aliphatic heterocycles. The van der Waals surface area contributed by atoms with Crippen molar-refractivity contribution in [2.24, 2.45) is 17.8 Å². The van der Waals surface area contributed by atoms with Crippen LogP contribution in [0.15, 0.2) is 0 Å². The molecule has 2 saturated carbocycles. The molecule has 3 fully saturated rings. The zero-order valence-corrected chi connectivity index (χ0v) is 10.8. The first-order valence-corrected chi connectivity index (χ1v) is 7.29. The Morgan fingerprint density at radius 2 is 2.00 bits per heavy atom. The predicted molar refractivity (Wildman–Crippen MR) is 67.7 cm³/mol. The molecule has 0 aromatic heterocycles. The van der Waals surface area contributed by atoms with Crippen LogP contribution in [0, 0.1) is 17.8 Å². The van der Waals surface area contributed by atoms with Gasteiger partial charge in [-0.1, -0.05) is 6.42 Å². The van der Waals surface area contributed by atoms with Gasteiger partial charge >= 0.3 is 6.03 Å². The maximum absolute atomic E-state index is 12.0. The average molecular weight is 236 g/mol. The quantitative estimate of drug-likeness (QED) is 0.785. The summed E-state index contributed by atoms with van der Waals surface area (Å²) in [4.78, 5) is 14.0. The minimum atomic E-state index is 0.178. The second-order valence-electron chi connectivity index (χ2n) is 6.27. The Kier molecular flexibility index (Phi) is 3.01. The number of hydrogen-bond acceptors (Lipinski definition) is 1. The van der Waals surface area contributed by atoms with E-state index in [-0.39, 0.29) is 6.03 Å². The molecule has 0 radical (unpaired) electrons. The second kappa shape index (κ2) is 4.51. The molecule has 0 aromatic carbocycles. The van der Waals surface area contributed by atoms with E-state index in [0.29, 0.717) is 6.04 Å². The monoisotopic (exact) mass is 236 g/mol. The Morgan fingerprint density at radius 3 is 2.59 bits per heavy atom. The molecule has 1 heterocycles. The lowest BCUT2D eigenvalue weighted by Gasteiger charge is -2.30. The summed E-state index contributed by atoms with van der Waals surface area (Å²) in [7, 11) is 0. The molecule has 3 rings (SSSR count). The summed E-state index contributed by atoms with van der Waals surface area (Å²) in [5.41, 5.74) is 0. The van der Waals surface area contributed by atoms with Crippen LogP contribution in [0.3, 0.4) is 0 Å². The number of nitrogens with one attached hydrogen (secondary N) is 1. The van der Waals surface area contributed by atoms with Crippen molar-refractivity contribution >= 4 is 6.03 Å². The van der Waals surface area contributed by atoms with Gasteiger partial charge in [-0.15, -0.1) is 0 Å². The van der Waals surface area contributed by atoms with Crippen molar-refractivity contribution in [1.29, 1.82) is 0 Å². The maximum Gasteiger partial charge on any atom is 0.317 e. The number of carbonyl (C=O) groups excluding carboxylic acids is 1. The second-order valence-corrected chi connectivity index (χ2v) is 6.27. The third-order valence-corrected chi connectivity index (χ3v) is 5.18. The van der Waals surface area contributed by atoms with Crippen LogP contribution in [0.25, 0.3) is 0 Å². The van der Waals surface area contributed by atoms with Gasteiger partial charge in [0, 0.05) is 19.1 Å². The van der Waals surface area contributed by atoms with Crippen molar-refractivity contribution in [3.8, 4) is 0 Å². The number of amides is 2. The summed E-state index contributed by atoms with van der Waals surface area (Å²) in [6.45, 7) is 4.11. The number of urea groups is 1. The van der Waals surface area contributed by atoms with Gasteiger partial charge in [0.25, 0.3) is 0 Å². The fourth-order valence-corrected chi connectivity index (χ4v) is 4.22. The molecule has 3 aliphatic rings. The maximum atomic E-state index is 12.0. The van der Waals surface area contributed by atoms with Gasteiger partial charge < -0.3 is 10.2 Å². The molecule has 1 saturated heterocycles. The van der Waals surface area contributed by atoms with E-state index in [9.17, 15) is 4.79 Å². The van der Waals surface area contributed by atoms with Crippen LogP contribution in [0.5, 0.6) is 0 Å². The van der Waals surface area contributed by atoms with E-state index < -0.39 is 0 Å². The summed E-state index contributed by atoms with van der Waals surface area (Å²) in [6, 6.07) is 0.552. The molecule has 0 spiro atoms. The first kappa shape index (κ1) is 11.4. The number of fused-ring (bicyclic) bond motifs is 2. The minimum absolute atomic E-state index is 0.178. The Hall–Kier alpha value is -0.730. The number of rotatable bonds is 2. The van der Waals surface area contributed by atoms with Crippen molar-refractivity contribution in [3.05, 3.63) is 0 Å². The van der Waals surface area contributed by atoms with E-state index in [1.54, 1.807) is 0 Å². The van der Waals surface area contributed by atoms with Crippen LogP contribution in [0.1, 0.15) is 45.4 Å². The first-order chi connectivity index (χ1) is 8.24. The molecule has 4 unspecified atom stereocenters. The van der Waals surface area contributed by atoms with Crippen molar-refractivity contribution in [2.75, 3.05) is 13.1 Å². The Labute approximate surface area is 104 Å². The Morgan fingerprint density at radius 1 is 1.24 bits per heavy atom. The summed E-state index contributed by atoms with van der Waals surface area (Å²) in [5.74, 6) is 2.62. The van der Waals surface area contributed by atoms with Crippen molar-refractivity contribution in [3.63, 3.8) is 0 Å². The highest BCUT2D eigenvalue weighted by atomic mass is 16.2. The first-order valence-electron chi connectivity index (χ1n) is 7.29. The molecule has 17 heavy (non-hydrogen) atoms. The smallest absolute Gasteiger partial charge is 0.317 e. The summed E-state index contributed by atoms with van der Waals surface area (Å²) >= 11 is 0. The Bertz CT molecular complexity index is 299. The molecule has 2 bridgehead atoms. The molecular weight excluding hydrogens is 212 g/mol. The number of likely N-dealkylation sites (tertiary alicyclic amines) is 1. The summed E-state index contributed by atoms with van der Waals surface area (Å²) in [5, 5.41) is 3.24. The highest BCUT2D eigenvalue weighted by Crippen LogP contribution is 2.49. The van der Waals surface area contributed by atoms with Crippen molar-refractivity contribution < 1.29 is 4.79 Å². The summed E-state index contributed by atoms with van der Waals surface area (Å²) in [6.07, 6.45) is 7.97. The Balaban J connectivity index is 1.52. The SMILES string of the molecule is CC(NC(=O)N1CCCC1)C1CC2CCC1C2. The molecule has 2 aliphatic carbocycles. The molecule has 4 atom stereocenters. The van der Waals surface area contributed by atoms with Gasteiger partial charge in [0.05, 0.1) is 0 Å². The molecule has 2 amide bonds.